The smallest absolute Gasteiger partial charge is 0.352 e. The van der Waals surface area contributed by atoms with Crippen LogP contribution in [0, 0.1) is 0 Å². The summed E-state index contributed by atoms with van der Waals surface area (Å²) in [4.78, 5) is 48.6. The van der Waals surface area contributed by atoms with Gasteiger partial charge in [0.15, 0.2) is 10.8 Å². The van der Waals surface area contributed by atoms with Gasteiger partial charge in [0.1, 0.15) is 36.0 Å². The molecule has 0 aromatic carbocycles. The van der Waals surface area contributed by atoms with Crippen LogP contribution in [0.5, 0.6) is 0 Å². The maximum absolute atomic E-state index is 13.0. The van der Waals surface area contributed by atoms with Crippen LogP contribution < -0.4 is 11.1 Å². The third-order valence-electron chi connectivity index (χ3n) is 6.27. The monoisotopic (exact) mass is 509 g/mol. The fourth-order valence-electron chi connectivity index (χ4n) is 4.64. The highest BCUT2D eigenvalue weighted by Crippen LogP contribution is 2.41. The van der Waals surface area contributed by atoms with Crippen LogP contribution in [0.3, 0.4) is 0 Å². The van der Waals surface area contributed by atoms with Gasteiger partial charge in [0.2, 0.25) is 0 Å². The lowest BCUT2D eigenvalue weighted by atomic mass is 10.0. The van der Waals surface area contributed by atoms with Gasteiger partial charge in [-0.3, -0.25) is 14.5 Å². The van der Waals surface area contributed by atoms with Gasteiger partial charge in [0.05, 0.1) is 20.1 Å². The molecule has 3 aliphatic rings. The Kier molecular flexibility index (Phi) is 7.14. The van der Waals surface area contributed by atoms with Gasteiger partial charge in [0.25, 0.3) is 11.8 Å². The van der Waals surface area contributed by atoms with Crippen molar-refractivity contribution in [3.8, 4) is 0 Å². The lowest BCUT2D eigenvalue weighted by molar-refractivity contribution is -0.909. The number of fused-ring (bicyclic) bond motifs is 1. The molecule has 184 valence electrons. The number of quaternary nitrogens is 1. The highest BCUT2D eigenvalue weighted by Gasteiger charge is 2.55. The summed E-state index contributed by atoms with van der Waals surface area (Å²) >= 11 is 2.62. The second-order valence-electron chi connectivity index (χ2n) is 8.83. The molecule has 34 heavy (non-hydrogen) atoms. The number of nitrogens with one attached hydrogen (secondary N) is 1. The first-order chi connectivity index (χ1) is 16.2. The number of oxime groups is 1. The molecule has 3 aliphatic heterocycles. The van der Waals surface area contributed by atoms with Gasteiger partial charge in [-0.1, -0.05) is 5.16 Å². The van der Waals surface area contributed by atoms with Crippen molar-refractivity contribution in [2.75, 3.05) is 44.8 Å². The summed E-state index contributed by atoms with van der Waals surface area (Å²) in [6, 6.07) is -0.865. The number of hydrogen-bond acceptors (Lipinski definition) is 9. The lowest BCUT2D eigenvalue weighted by Gasteiger charge is -2.50. The molecule has 4 N–H and O–H groups in total. The molecule has 1 aromatic heterocycles. The van der Waals surface area contributed by atoms with E-state index in [0.717, 1.165) is 47.3 Å². The molecule has 0 bridgehead atoms. The Morgan fingerprint density at radius 1 is 1.38 bits per heavy atom. The molecule has 0 saturated carbocycles. The Morgan fingerprint density at radius 3 is 2.74 bits per heavy atom. The molecule has 4 heterocycles. The zero-order valence-electron chi connectivity index (χ0n) is 19.2. The Morgan fingerprint density at radius 2 is 2.12 bits per heavy atom. The van der Waals surface area contributed by atoms with E-state index >= 15 is 0 Å². The van der Waals surface area contributed by atoms with Crippen molar-refractivity contribution in [2.45, 2.75) is 37.6 Å². The molecule has 1 unspecified atom stereocenters. The second kappa shape index (κ2) is 9.92. The fourth-order valence-corrected chi connectivity index (χ4v) is 6.52. The van der Waals surface area contributed by atoms with E-state index in [4.69, 9.17) is 10.6 Å². The van der Waals surface area contributed by atoms with E-state index in [2.05, 4.69) is 22.5 Å². The number of carboxylic acid groups (broad SMARTS) is 1. The molecule has 0 aliphatic carbocycles. The third kappa shape index (κ3) is 4.77. The Hall–Kier alpha value is -2.64. The van der Waals surface area contributed by atoms with E-state index < -0.39 is 29.2 Å². The minimum Gasteiger partial charge on any atom is -0.477 e. The molecule has 2 atom stereocenters. The number of likely N-dealkylation sites (N-methyl/N-ethyl adjacent to an activating group) is 1. The summed E-state index contributed by atoms with van der Waals surface area (Å²) in [5, 5.41) is 17.9. The highest BCUT2D eigenvalue weighted by molar-refractivity contribution is 8.00. The standard InChI is InChI=1S/C21H28N6O5S2/c1-3-32-25-14(13-11-34-21(22)23-13)17(28)24-15-18(29)26-16(20(30)31)12(10-33-19(15)26)9-27(2)7-5-4-6-8-27/h11,15,19H,3-10H2,1-2H3,(H3-,22,23,24,28,30,31)/p+1/b25-14-/t15?,19-/m1/s1. The maximum Gasteiger partial charge on any atom is 0.352 e. The predicted molar refractivity (Wildman–Crippen MR) is 129 cm³/mol. The number of likely N-dealkylation sites (tertiary alicyclic amines) is 1. The number of aliphatic carboxylic acids is 1. The molecule has 0 spiro atoms. The van der Waals surface area contributed by atoms with Crippen LogP contribution in [-0.4, -0.2) is 93.4 Å². The van der Waals surface area contributed by atoms with Crippen molar-refractivity contribution in [3.63, 3.8) is 0 Å². The quantitative estimate of drug-likeness (QED) is 0.202. The fraction of sp³-hybridized carbons (Fsp3) is 0.571. The number of anilines is 1. The van der Waals surface area contributed by atoms with Crippen molar-refractivity contribution in [3.05, 3.63) is 22.3 Å². The minimum absolute atomic E-state index is 0.0552. The van der Waals surface area contributed by atoms with Crippen LogP contribution in [-0.2, 0) is 19.2 Å². The first kappa shape index (κ1) is 24.5. The van der Waals surface area contributed by atoms with Gasteiger partial charge in [0, 0.05) is 16.7 Å². The molecule has 2 amide bonds. The summed E-state index contributed by atoms with van der Waals surface area (Å²) in [7, 11) is 2.15. The zero-order chi connectivity index (χ0) is 24.5. The van der Waals surface area contributed by atoms with Crippen LogP contribution >= 0.6 is 23.1 Å². The number of thioether (sulfide) groups is 1. The topological polar surface area (TPSA) is 147 Å². The van der Waals surface area contributed by atoms with Crippen LogP contribution in [0.2, 0.25) is 0 Å². The number of aromatic nitrogens is 1. The second-order valence-corrected chi connectivity index (χ2v) is 10.8. The summed E-state index contributed by atoms with van der Waals surface area (Å²) in [5.41, 5.74) is 6.67. The average molecular weight is 510 g/mol. The number of carbonyl (C=O) groups is 3. The van der Waals surface area contributed by atoms with Crippen LogP contribution in [0.1, 0.15) is 31.9 Å². The Balaban J connectivity index is 1.51. The molecule has 1 aromatic rings. The van der Waals surface area contributed by atoms with Gasteiger partial charge >= 0.3 is 5.97 Å². The molecule has 2 saturated heterocycles. The highest BCUT2D eigenvalue weighted by atomic mass is 32.2. The average Bonchev–Trinajstić information content (AvgIpc) is 3.23. The molecule has 13 heteroatoms. The first-order valence-corrected chi connectivity index (χ1v) is 13.1. The molecule has 11 nitrogen and oxygen atoms in total. The maximum atomic E-state index is 13.0. The lowest BCUT2D eigenvalue weighted by Crippen LogP contribution is -2.71. The number of nitrogens with two attached hydrogens (primary N) is 1. The van der Waals surface area contributed by atoms with E-state index in [1.54, 1.807) is 12.3 Å². The van der Waals surface area contributed by atoms with Crippen LogP contribution in [0.4, 0.5) is 5.13 Å². The number of nitrogens with zero attached hydrogens (tertiary/aromatic N) is 4. The number of β-lactam (4-membered cyclic amide) rings is 1. The summed E-state index contributed by atoms with van der Waals surface area (Å²) in [5.74, 6) is -1.69. The number of carbonyl (C=O) groups excluding carboxylic acids is 2. The first-order valence-electron chi connectivity index (χ1n) is 11.2. The van der Waals surface area contributed by atoms with Crippen molar-refractivity contribution < 1.29 is 28.8 Å². The summed E-state index contributed by atoms with van der Waals surface area (Å²) in [6.45, 7) is 4.58. The zero-order valence-corrected chi connectivity index (χ0v) is 20.8. The third-order valence-corrected chi connectivity index (χ3v) is 8.28. The largest absolute Gasteiger partial charge is 0.477 e. The van der Waals surface area contributed by atoms with E-state index in [-0.39, 0.29) is 28.8 Å². The minimum atomic E-state index is -1.11. The van der Waals surface area contributed by atoms with E-state index in [1.165, 1.54) is 23.1 Å². The number of rotatable bonds is 8. The molecule has 0 radical (unpaired) electrons. The van der Waals surface area contributed by atoms with Gasteiger partial charge < -0.3 is 25.5 Å². The Bertz CT molecular complexity index is 1050. The molecular formula is C21H29N6O5S2+. The number of nitrogen functional groups attached to an aromatic ring is 1. The Labute approximate surface area is 205 Å². The van der Waals surface area contributed by atoms with Crippen molar-refractivity contribution >= 4 is 51.7 Å². The summed E-state index contributed by atoms with van der Waals surface area (Å²) < 4.78 is 0.785. The van der Waals surface area contributed by atoms with Gasteiger partial charge in [-0.15, -0.1) is 23.1 Å². The SMILES string of the molecule is CCO/N=C(\C(=O)NC1C(=O)N2C(C(=O)O)=C(C[N+]3(C)CCCCC3)CS[C@H]12)c1csc(N)n1. The van der Waals surface area contributed by atoms with Crippen molar-refractivity contribution in [2.24, 2.45) is 5.16 Å². The van der Waals surface area contributed by atoms with E-state index in [0.29, 0.717) is 12.3 Å². The number of carboxylic acids is 1. The van der Waals surface area contributed by atoms with Crippen LogP contribution in [0.15, 0.2) is 21.8 Å². The molecule has 2 fully saturated rings. The van der Waals surface area contributed by atoms with Gasteiger partial charge in [-0.25, -0.2) is 9.78 Å². The molecular weight excluding hydrogens is 480 g/mol. The van der Waals surface area contributed by atoms with Gasteiger partial charge in [-0.2, -0.15) is 0 Å². The van der Waals surface area contributed by atoms with E-state index in [9.17, 15) is 19.5 Å². The van der Waals surface area contributed by atoms with Crippen molar-refractivity contribution in [1.82, 2.24) is 15.2 Å². The normalized spacial score (nSPS) is 24.4. The van der Waals surface area contributed by atoms with Crippen molar-refractivity contribution in [1.29, 1.82) is 0 Å². The number of amides is 2. The predicted octanol–water partition coefficient (Wildman–Crippen LogP) is 0.835. The molecule has 4 rings (SSSR count). The van der Waals surface area contributed by atoms with E-state index in [1.807, 2.05) is 0 Å². The van der Waals surface area contributed by atoms with Crippen LogP contribution in [0.25, 0.3) is 0 Å². The number of hydrogen-bond donors (Lipinski definition) is 3. The number of thiazole rings is 1. The van der Waals surface area contributed by atoms with Gasteiger partial charge in [-0.05, 0) is 26.2 Å². The summed E-state index contributed by atoms with van der Waals surface area (Å²) in [6.07, 6.45) is 3.44. The number of piperidine rings is 1.